The van der Waals surface area contributed by atoms with Crippen molar-refractivity contribution < 1.29 is 9.53 Å². The molecule has 1 N–H and O–H groups in total. The minimum Gasteiger partial charge on any atom is -0.380 e. The molecule has 2 saturated heterocycles. The van der Waals surface area contributed by atoms with Crippen LogP contribution in [0.3, 0.4) is 0 Å². The number of ether oxygens (including phenoxy) is 1. The Morgan fingerprint density at radius 1 is 1.40 bits per heavy atom. The third kappa shape index (κ3) is 2.83. The summed E-state index contributed by atoms with van der Waals surface area (Å²) in [6.45, 7) is 2.68. The number of nitrogens with zero attached hydrogens (tertiary/aromatic N) is 1. The van der Waals surface area contributed by atoms with E-state index in [0.717, 1.165) is 38.9 Å². The predicted octanol–water partition coefficient (Wildman–Crippen LogP) is 0.407. The van der Waals surface area contributed by atoms with E-state index in [9.17, 15) is 4.79 Å². The number of amides is 1. The highest BCUT2D eigenvalue weighted by atomic mass is 35.5. The summed E-state index contributed by atoms with van der Waals surface area (Å²) in [6.07, 6.45) is 3.36. The second-order valence-corrected chi connectivity index (χ2v) is 4.09. The highest BCUT2D eigenvalue weighted by Crippen LogP contribution is 2.15. The van der Waals surface area contributed by atoms with Crippen LogP contribution in [0.2, 0.25) is 0 Å². The number of hydrogen-bond acceptors (Lipinski definition) is 3. The molecule has 0 aromatic rings. The smallest absolute Gasteiger partial charge is 0.239 e. The van der Waals surface area contributed by atoms with Gasteiger partial charge in [0.05, 0.1) is 12.1 Å². The van der Waals surface area contributed by atoms with Crippen molar-refractivity contribution >= 4 is 18.3 Å². The number of likely N-dealkylation sites (tertiary alicyclic amines) is 1. The summed E-state index contributed by atoms with van der Waals surface area (Å²) in [5, 5.41) is 3.22. The minimum absolute atomic E-state index is 0. The molecule has 2 aliphatic heterocycles. The van der Waals surface area contributed by atoms with Crippen molar-refractivity contribution in [3.8, 4) is 0 Å². The number of methoxy groups -OCH3 is 1. The normalized spacial score (nSPS) is 30.3. The first-order valence-corrected chi connectivity index (χ1v) is 5.36. The molecule has 15 heavy (non-hydrogen) atoms. The van der Waals surface area contributed by atoms with Gasteiger partial charge in [-0.3, -0.25) is 4.79 Å². The Bertz CT molecular complexity index is 219. The Kier molecular flexibility index (Phi) is 4.83. The molecule has 2 aliphatic rings. The van der Waals surface area contributed by atoms with Gasteiger partial charge in [0.25, 0.3) is 0 Å². The number of rotatable bonds is 2. The Labute approximate surface area is 96.7 Å². The van der Waals surface area contributed by atoms with Gasteiger partial charge in [0.15, 0.2) is 0 Å². The summed E-state index contributed by atoms with van der Waals surface area (Å²) >= 11 is 0. The van der Waals surface area contributed by atoms with Gasteiger partial charge in [0.2, 0.25) is 5.91 Å². The van der Waals surface area contributed by atoms with E-state index in [2.05, 4.69) is 5.32 Å². The van der Waals surface area contributed by atoms with Gasteiger partial charge in [-0.1, -0.05) is 0 Å². The quantitative estimate of drug-likeness (QED) is 0.753. The molecule has 0 aromatic carbocycles. The van der Waals surface area contributed by atoms with Crippen LogP contribution in [-0.4, -0.2) is 49.7 Å². The number of halogens is 1. The summed E-state index contributed by atoms with van der Waals surface area (Å²) in [5.74, 6) is 0.266. The molecule has 5 heteroatoms. The van der Waals surface area contributed by atoms with Crippen molar-refractivity contribution in [2.75, 3.05) is 26.7 Å². The fourth-order valence-electron chi connectivity index (χ4n) is 2.23. The van der Waals surface area contributed by atoms with E-state index in [0.29, 0.717) is 0 Å². The standard InChI is InChI=1S/C10H18N2O2.ClH/c1-14-8-6-9(11-7-8)10(13)12-4-2-3-5-12;/h8-9,11H,2-7H2,1H3;1H. The van der Waals surface area contributed by atoms with Crippen LogP contribution < -0.4 is 5.32 Å². The van der Waals surface area contributed by atoms with Crippen molar-refractivity contribution in [3.63, 3.8) is 0 Å². The molecule has 4 nitrogen and oxygen atoms in total. The molecule has 0 spiro atoms. The largest absolute Gasteiger partial charge is 0.380 e. The third-order valence-electron chi connectivity index (χ3n) is 3.14. The zero-order chi connectivity index (χ0) is 9.97. The topological polar surface area (TPSA) is 41.6 Å². The van der Waals surface area contributed by atoms with Gasteiger partial charge < -0.3 is 15.0 Å². The summed E-state index contributed by atoms with van der Waals surface area (Å²) in [5.41, 5.74) is 0. The molecule has 1 amide bonds. The molecule has 0 aliphatic carbocycles. The van der Waals surface area contributed by atoms with E-state index in [-0.39, 0.29) is 30.5 Å². The lowest BCUT2D eigenvalue weighted by atomic mass is 10.2. The number of carbonyl (C=O) groups is 1. The third-order valence-corrected chi connectivity index (χ3v) is 3.14. The zero-order valence-electron chi connectivity index (χ0n) is 9.07. The van der Waals surface area contributed by atoms with Crippen LogP contribution in [0, 0.1) is 0 Å². The molecule has 2 atom stereocenters. The van der Waals surface area contributed by atoms with E-state index in [1.54, 1.807) is 7.11 Å². The van der Waals surface area contributed by atoms with E-state index in [4.69, 9.17) is 4.74 Å². The number of hydrogen-bond donors (Lipinski definition) is 1. The lowest BCUT2D eigenvalue weighted by Gasteiger charge is -2.19. The first kappa shape index (κ1) is 12.7. The molecule has 2 unspecified atom stereocenters. The molecular formula is C10H19ClN2O2. The van der Waals surface area contributed by atoms with Gasteiger partial charge in [-0.15, -0.1) is 12.4 Å². The van der Waals surface area contributed by atoms with Crippen LogP contribution in [-0.2, 0) is 9.53 Å². The molecule has 0 bridgehead atoms. The van der Waals surface area contributed by atoms with Gasteiger partial charge in [-0.05, 0) is 19.3 Å². The molecule has 0 saturated carbocycles. The van der Waals surface area contributed by atoms with Crippen LogP contribution in [0.4, 0.5) is 0 Å². The van der Waals surface area contributed by atoms with Crippen molar-refractivity contribution in [2.45, 2.75) is 31.4 Å². The maximum atomic E-state index is 11.9. The Morgan fingerprint density at radius 3 is 2.60 bits per heavy atom. The molecule has 0 radical (unpaired) electrons. The fourth-order valence-corrected chi connectivity index (χ4v) is 2.23. The van der Waals surface area contributed by atoms with E-state index in [1.807, 2.05) is 4.90 Å². The molecule has 88 valence electrons. The van der Waals surface area contributed by atoms with Gasteiger partial charge in [0, 0.05) is 26.7 Å². The number of nitrogens with one attached hydrogen (secondary N) is 1. The van der Waals surface area contributed by atoms with Crippen molar-refractivity contribution in [2.24, 2.45) is 0 Å². The molecule has 0 aromatic heterocycles. The van der Waals surface area contributed by atoms with Gasteiger partial charge in [0.1, 0.15) is 0 Å². The first-order chi connectivity index (χ1) is 6.81. The Morgan fingerprint density at radius 2 is 2.07 bits per heavy atom. The van der Waals surface area contributed by atoms with Gasteiger partial charge in [-0.25, -0.2) is 0 Å². The van der Waals surface area contributed by atoms with Crippen molar-refractivity contribution in [1.82, 2.24) is 10.2 Å². The summed E-state index contributed by atoms with van der Waals surface area (Å²) in [6, 6.07) is -0.00181. The average Bonchev–Trinajstić information content (AvgIpc) is 2.88. The van der Waals surface area contributed by atoms with E-state index in [1.165, 1.54) is 0 Å². The van der Waals surface area contributed by atoms with Crippen molar-refractivity contribution in [3.05, 3.63) is 0 Å². The lowest BCUT2D eigenvalue weighted by Crippen LogP contribution is -2.42. The highest BCUT2D eigenvalue weighted by Gasteiger charge is 2.32. The SMILES string of the molecule is COC1CNC(C(=O)N2CCCC2)C1.Cl. The summed E-state index contributed by atoms with van der Waals surface area (Å²) in [7, 11) is 1.70. The molecule has 2 heterocycles. The monoisotopic (exact) mass is 234 g/mol. The molecule has 2 rings (SSSR count). The first-order valence-electron chi connectivity index (χ1n) is 5.36. The second kappa shape index (κ2) is 5.68. The second-order valence-electron chi connectivity index (χ2n) is 4.09. The highest BCUT2D eigenvalue weighted by molar-refractivity contribution is 5.85. The Hall–Kier alpha value is -0.320. The maximum absolute atomic E-state index is 11.9. The predicted molar refractivity (Wildman–Crippen MR) is 60.3 cm³/mol. The maximum Gasteiger partial charge on any atom is 0.239 e. The lowest BCUT2D eigenvalue weighted by molar-refractivity contribution is -0.132. The van der Waals surface area contributed by atoms with Crippen LogP contribution in [0.25, 0.3) is 0 Å². The van der Waals surface area contributed by atoms with E-state index < -0.39 is 0 Å². The zero-order valence-corrected chi connectivity index (χ0v) is 9.89. The van der Waals surface area contributed by atoms with Crippen molar-refractivity contribution in [1.29, 1.82) is 0 Å². The van der Waals surface area contributed by atoms with E-state index >= 15 is 0 Å². The summed E-state index contributed by atoms with van der Waals surface area (Å²) < 4.78 is 5.22. The number of carbonyl (C=O) groups excluding carboxylic acids is 1. The minimum atomic E-state index is -0.00181. The van der Waals surface area contributed by atoms with Crippen LogP contribution in [0.15, 0.2) is 0 Å². The van der Waals surface area contributed by atoms with Gasteiger partial charge >= 0.3 is 0 Å². The summed E-state index contributed by atoms with van der Waals surface area (Å²) in [4.78, 5) is 13.9. The van der Waals surface area contributed by atoms with Crippen LogP contribution >= 0.6 is 12.4 Å². The average molecular weight is 235 g/mol. The molecule has 2 fully saturated rings. The van der Waals surface area contributed by atoms with Gasteiger partial charge in [-0.2, -0.15) is 0 Å². The van der Waals surface area contributed by atoms with Crippen LogP contribution in [0.5, 0.6) is 0 Å². The molecular weight excluding hydrogens is 216 g/mol. The fraction of sp³-hybridized carbons (Fsp3) is 0.900. The van der Waals surface area contributed by atoms with Crippen LogP contribution in [0.1, 0.15) is 19.3 Å². The Balaban J connectivity index is 0.00000112.